The van der Waals surface area contributed by atoms with Crippen LogP contribution < -0.4 is 15.5 Å². The van der Waals surface area contributed by atoms with Crippen LogP contribution in [-0.4, -0.2) is 34.3 Å². The van der Waals surface area contributed by atoms with Crippen LogP contribution in [0.15, 0.2) is 60.8 Å². The normalized spacial score (nSPS) is 16.9. The predicted molar refractivity (Wildman–Crippen MR) is 120 cm³/mol. The molecule has 2 atom stereocenters. The number of halogens is 2. The van der Waals surface area contributed by atoms with Crippen molar-refractivity contribution in [2.75, 3.05) is 11.4 Å². The predicted octanol–water partition coefficient (Wildman–Crippen LogP) is 3.92. The van der Waals surface area contributed by atoms with Crippen molar-refractivity contribution in [3.05, 3.63) is 82.0 Å². The van der Waals surface area contributed by atoms with Crippen LogP contribution in [0.4, 0.5) is 10.6 Å². The topological polar surface area (TPSA) is 79.3 Å². The van der Waals surface area contributed by atoms with Crippen molar-refractivity contribution in [2.45, 2.75) is 18.5 Å². The van der Waals surface area contributed by atoms with Gasteiger partial charge >= 0.3 is 6.03 Å². The van der Waals surface area contributed by atoms with Crippen molar-refractivity contribution in [3.8, 4) is 0 Å². The summed E-state index contributed by atoms with van der Waals surface area (Å²) in [6.07, 6.45) is 2.28. The number of carbonyl (C=O) groups is 2. The van der Waals surface area contributed by atoms with E-state index in [9.17, 15) is 9.59 Å². The molecule has 0 saturated carbocycles. The molecule has 31 heavy (non-hydrogen) atoms. The lowest BCUT2D eigenvalue weighted by atomic mass is 9.99. The van der Waals surface area contributed by atoms with E-state index in [1.165, 1.54) is 0 Å². The highest BCUT2D eigenvalue weighted by molar-refractivity contribution is 6.34. The highest BCUT2D eigenvalue weighted by Crippen LogP contribution is 2.28. The van der Waals surface area contributed by atoms with Gasteiger partial charge in [0.15, 0.2) is 5.82 Å². The standard InChI is InChI=1S/C22H21Cl2N5O2/c1-28-9-8-19(27-28)29-10-7-18(21(29)30)25-22(31)26-20(14-5-3-2-4-6-14)15-11-16(23)13-17(24)12-15/h2-6,8-9,11-13,18,20H,7,10H2,1H3,(H2,25,26,31). The summed E-state index contributed by atoms with van der Waals surface area (Å²) in [7, 11) is 1.79. The second-order valence-electron chi connectivity index (χ2n) is 7.34. The Bertz CT molecular complexity index is 1080. The van der Waals surface area contributed by atoms with Gasteiger partial charge in [-0.1, -0.05) is 53.5 Å². The first-order chi connectivity index (χ1) is 14.9. The van der Waals surface area contributed by atoms with Gasteiger partial charge in [0.05, 0.1) is 6.04 Å². The number of amides is 3. The van der Waals surface area contributed by atoms with E-state index in [2.05, 4.69) is 15.7 Å². The maximum absolute atomic E-state index is 12.8. The lowest BCUT2D eigenvalue weighted by Crippen LogP contribution is -2.47. The third-order valence-corrected chi connectivity index (χ3v) is 5.55. The molecule has 1 aliphatic heterocycles. The fourth-order valence-electron chi connectivity index (χ4n) is 3.67. The van der Waals surface area contributed by atoms with Crippen molar-refractivity contribution >= 4 is 41.0 Å². The average molecular weight is 458 g/mol. The van der Waals surface area contributed by atoms with Gasteiger partial charge in [-0.3, -0.25) is 14.4 Å². The number of urea groups is 1. The van der Waals surface area contributed by atoms with Crippen molar-refractivity contribution in [1.82, 2.24) is 20.4 Å². The van der Waals surface area contributed by atoms with Crippen LogP contribution >= 0.6 is 23.2 Å². The number of hydrogen-bond acceptors (Lipinski definition) is 3. The molecule has 9 heteroatoms. The van der Waals surface area contributed by atoms with Gasteiger partial charge in [0.25, 0.3) is 5.91 Å². The molecule has 2 aromatic carbocycles. The summed E-state index contributed by atoms with van der Waals surface area (Å²) in [5.41, 5.74) is 1.61. The first kappa shape index (κ1) is 21.2. The van der Waals surface area contributed by atoms with E-state index in [1.54, 1.807) is 47.1 Å². The van der Waals surface area contributed by atoms with E-state index >= 15 is 0 Å². The number of aryl methyl sites for hydroxylation is 1. The van der Waals surface area contributed by atoms with Crippen molar-refractivity contribution in [1.29, 1.82) is 0 Å². The Morgan fingerprint density at radius 3 is 2.45 bits per heavy atom. The quantitative estimate of drug-likeness (QED) is 0.609. The molecule has 3 amide bonds. The molecule has 0 aliphatic carbocycles. The molecule has 0 radical (unpaired) electrons. The molecular formula is C22H21Cl2N5O2. The minimum absolute atomic E-state index is 0.184. The third-order valence-electron chi connectivity index (χ3n) is 5.11. The van der Waals surface area contributed by atoms with Gasteiger partial charge in [-0.05, 0) is 35.7 Å². The summed E-state index contributed by atoms with van der Waals surface area (Å²) < 4.78 is 1.64. The van der Waals surface area contributed by atoms with Gasteiger partial charge in [0.1, 0.15) is 6.04 Å². The van der Waals surface area contributed by atoms with Gasteiger partial charge in [-0.15, -0.1) is 0 Å². The first-order valence-electron chi connectivity index (χ1n) is 9.80. The zero-order chi connectivity index (χ0) is 22.0. The maximum Gasteiger partial charge on any atom is 0.316 e. The zero-order valence-electron chi connectivity index (χ0n) is 16.8. The van der Waals surface area contributed by atoms with Crippen molar-refractivity contribution < 1.29 is 9.59 Å². The molecular weight excluding hydrogens is 437 g/mol. The second-order valence-corrected chi connectivity index (χ2v) is 8.22. The molecule has 1 saturated heterocycles. The van der Waals surface area contributed by atoms with Crippen LogP contribution in [0.5, 0.6) is 0 Å². The Balaban J connectivity index is 1.50. The van der Waals surface area contributed by atoms with E-state index in [0.29, 0.717) is 28.8 Å². The minimum Gasteiger partial charge on any atom is -0.327 e. The molecule has 3 aromatic rings. The van der Waals surface area contributed by atoms with Crippen molar-refractivity contribution in [3.63, 3.8) is 0 Å². The van der Waals surface area contributed by atoms with E-state index in [4.69, 9.17) is 23.2 Å². The number of benzene rings is 2. The van der Waals surface area contributed by atoms with Crippen LogP contribution in [0.3, 0.4) is 0 Å². The summed E-state index contributed by atoms with van der Waals surface area (Å²) in [6, 6.07) is 14.9. The Morgan fingerprint density at radius 1 is 1.10 bits per heavy atom. The zero-order valence-corrected chi connectivity index (χ0v) is 18.3. The number of hydrogen-bond donors (Lipinski definition) is 2. The summed E-state index contributed by atoms with van der Waals surface area (Å²) in [5, 5.41) is 11.0. The first-order valence-corrected chi connectivity index (χ1v) is 10.6. The molecule has 2 unspecified atom stereocenters. The van der Waals surface area contributed by atoms with Crippen LogP contribution in [0.2, 0.25) is 10.0 Å². The molecule has 1 aromatic heterocycles. The number of rotatable bonds is 5. The van der Waals surface area contributed by atoms with Crippen LogP contribution in [0.1, 0.15) is 23.6 Å². The lowest BCUT2D eigenvalue weighted by Gasteiger charge is -2.22. The SMILES string of the molecule is Cn1ccc(N2CCC(NC(=O)NC(c3ccccc3)c3cc(Cl)cc(Cl)c3)C2=O)n1. The number of nitrogens with zero attached hydrogens (tertiary/aromatic N) is 3. The van der Waals surface area contributed by atoms with Gasteiger partial charge in [-0.25, -0.2) is 4.79 Å². The number of carbonyl (C=O) groups excluding carboxylic acids is 2. The minimum atomic E-state index is -0.624. The van der Waals surface area contributed by atoms with Crippen LogP contribution in [0, 0.1) is 0 Å². The molecule has 2 N–H and O–H groups in total. The Morgan fingerprint density at radius 2 is 1.81 bits per heavy atom. The van der Waals surface area contributed by atoms with Gasteiger partial charge < -0.3 is 10.6 Å². The van der Waals surface area contributed by atoms with Gasteiger partial charge in [0.2, 0.25) is 0 Å². The molecule has 160 valence electrons. The molecule has 0 bridgehead atoms. The van der Waals surface area contributed by atoms with E-state index in [-0.39, 0.29) is 5.91 Å². The second kappa shape index (κ2) is 8.99. The Labute approximate surface area is 189 Å². The molecule has 1 aliphatic rings. The average Bonchev–Trinajstić information content (AvgIpc) is 3.31. The molecule has 1 fully saturated rings. The summed E-state index contributed by atoms with van der Waals surface area (Å²) in [4.78, 5) is 27.2. The van der Waals surface area contributed by atoms with Crippen LogP contribution in [-0.2, 0) is 11.8 Å². The highest BCUT2D eigenvalue weighted by Gasteiger charge is 2.35. The van der Waals surface area contributed by atoms with Gasteiger partial charge in [-0.2, -0.15) is 5.10 Å². The fraction of sp³-hybridized carbons (Fsp3) is 0.227. The Kier molecular flexibility index (Phi) is 6.15. The molecule has 2 heterocycles. The smallest absolute Gasteiger partial charge is 0.316 e. The number of aromatic nitrogens is 2. The lowest BCUT2D eigenvalue weighted by molar-refractivity contribution is -0.118. The molecule has 0 spiro atoms. The van der Waals surface area contributed by atoms with E-state index in [0.717, 1.165) is 11.1 Å². The van der Waals surface area contributed by atoms with E-state index in [1.807, 2.05) is 30.3 Å². The summed E-state index contributed by atoms with van der Waals surface area (Å²) >= 11 is 12.4. The van der Waals surface area contributed by atoms with Crippen LogP contribution in [0.25, 0.3) is 0 Å². The Hall–Kier alpha value is -3.03. The van der Waals surface area contributed by atoms with Crippen molar-refractivity contribution in [2.24, 2.45) is 7.05 Å². The largest absolute Gasteiger partial charge is 0.327 e. The third kappa shape index (κ3) is 4.84. The highest BCUT2D eigenvalue weighted by atomic mass is 35.5. The maximum atomic E-state index is 12.8. The molecule has 4 rings (SSSR count). The summed E-state index contributed by atoms with van der Waals surface area (Å²) in [6.45, 7) is 0.493. The monoisotopic (exact) mass is 457 g/mol. The van der Waals surface area contributed by atoms with E-state index < -0.39 is 18.1 Å². The van der Waals surface area contributed by atoms with Gasteiger partial charge in [0, 0.05) is 35.9 Å². The summed E-state index contributed by atoms with van der Waals surface area (Å²) in [5.74, 6) is 0.392. The molecule has 7 nitrogen and oxygen atoms in total. The fourth-order valence-corrected chi connectivity index (χ4v) is 4.21. The number of nitrogens with one attached hydrogen (secondary N) is 2. The number of anilines is 1.